The summed E-state index contributed by atoms with van der Waals surface area (Å²) in [5.74, 6) is 1.64. The Hall–Kier alpha value is -1.76. The van der Waals surface area contributed by atoms with Crippen molar-refractivity contribution in [2.24, 2.45) is 7.05 Å². The van der Waals surface area contributed by atoms with Crippen LogP contribution >= 0.6 is 11.8 Å². The first kappa shape index (κ1) is 16.1. The highest BCUT2D eigenvalue weighted by Crippen LogP contribution is 2.28. The van der Waals surface area contributed by atoms with Crippen LogP contribution in [0.5, 0.6) is 0 Å². The molecule has 0 radical (unpaired) electrons. The number of carbonyl (C=O) groups is 1. The monoisotopic (exact) mass is 334 g/mol. The van der Waals surface area contributed by atoms with Crippen molar-refractivity contribution in [1.29, 1.82) is 0 Å². The average Bonchev–Trinajstić information content (AvgIpc) is 3.23. The molecule has 3 rings (SSSR count). The number of aromatic nitrogens is 3. The van der Waals surface area contributed by atoms with Crippen LogP contribution in [0, 0.1) is 6.92 Å². The van der Waals surface area contributed by atoms with Gasteiger partial charge in [0.25, 0.3) is 0 Å². The topological polar surface area (TPSA) is 72.9 Å². The van der Waals surface area contributed by atoms with Gasteiger partial charge in [0.2, 0.25) is 5.91 Å². The number of rotatable bonds is 5. The van der Waals surface area contributed by atoms with Gasteiger partial charge in [0, 0.05) is 13.1 Å². The molecule has 1 N–H and O–H groups in total. The van der Waals surface area contributed by atoms with Crippen molar-refractivity contribution in [3.05, 3.63) is 18.1 Å². The molecule has 1 saturated carbocycles. The minimum absolute atomic E-state index is 0.0749. The second kappa shape index (κ2) is 6.78. The third-order valence-electron chi connectivity index (χ3n) is 4.29. The van der Waals surface area contributed by atoms with Gasteiger partial charge in [-0.05, 0) is 32.8 Å². The van der Waals surface area contributed by atoms with Gasteiger partial charge in [-0.3, -0.25) is 4.79 Å². The van der Waals surface area contributed by atoms with Crippen molar-refractivity contribution in [2.45, 2.75) is 56.0 Å². The Bertz CT molecular complexity index is 688. The highest BCUT2D eigenvalue weighted by atomic mass is 32.2. The molecule has 6 nitrogen and oxygen atoms in total. The van der Waals surface area contributed by atoms with E-state index in [1.54, 1.807) is 6.26 Å². The number of amides is 1. The molecule has 0 spiro atoms. The highest BCUT2D eigenvalue weighted by Gasteiger charge is 2.23. The molecule has 1 atom stereocenters. The van der Waals surface area contributed by atoms with E-state index in [1.165, 1.54) is 24.6 Å². The molecule has 0 aromatic carbocycles. The number of furan rings is 1. The molecule has 1 amide bonds. The fourth-order valence-corrected chi connectivity index (χ4v) is 3.69. The van der Waals surface area contributed by atoms with Gasteiger partial charge in [0.1, 0.15) is 5.76 Å². The molecule has 0 saturated heterocycles. The van der Waals surface area contributed by atoms with Crippen LogP contribution in [-0.4, -0.2) is 32.0 Å². The highest BCUT2D eigenvalue weighted by molar-refractivity contribution is 8.00. The minimum atomic E-state index is -0.197. The number of nitrogens with one attached hydrogen (secondary N) is 1. The zero-order valence-corrected chi connectivity index (χ0v) is 14.5. The first-order valence-electron chi connectivity index (χ1n) is 7.97. The minimum Gasteiger partial charge on any atom is -0.469 e. The van der Waals surface area contributed by atoms with Crippen LogP contribution < -0.4 is 5.32 Å². The van der Waals surface area contributed by atoms with Gasteiger partial charge in [-0.15, -0.1) is 10.2 Å². The zero-order chi connectivity index (χ0) is 16.4. The summed E-state index contributed by atoms with van der Waals surface area (Å²) in [4.78, 5) is 12.3. The molecular formula is C16H22N4O2S. The summed E-state index contributed by atoms with van der Waals surface area (Å²) in [5.41, 5.74) is 0.926. The first-order valence-corrected chi connectivity index (χ1v) is 8.85. The summed E-state index contributed by atoms with van der Waals surface area (Å²) in [7, 11) is 1.91. The van der Waals surface area contributed by atoms with Crippen molar-refractivity contribution < 1.29 is 9.21 Å². The molecular weight excluding hydrogens is 312 g/mol. The molecule has 1 aliphatic carbocycles. The van der Waals surface area contributed by atoms with Crippen LogP contribution in [0.15, 0.2) is 21.9 Å². The first-order chi connectivity index (χ1) is 11.1. The predicted molar refractivity (Wildman–Crippen MR) is 89.2 cm³/mol. The molecule has 7 heteroatoms. The van der Waals surface area contributed by atoms with Gasteiger partial charge in [-0.2, -0.15) is 0 Å². The third-order valence-corrected chi connectivity index (χ3v) is 5.42. The lowest BCUT2D eigenvalue weighted by Crippen LogP contribution is -2.37. The largest absolute Gasteiger partial charge is 0.469 e. The normalized spacial score (nSPS) is 16.7. The van der Waals surface area contributed by atoms with Crippen LogP contribution in [0.3, 0.4) is 0 Å². The van der Waals surface area contributed by atoms with E-state index in [-0.39, 0.29) is 11.2 Å². The van der Waals surface area contributed by atoms with Crippen molar-refractivity contribution >= 4 is 17.7 Å². The molecule has 0 aliphatic heterocycles. The maximum absolute atomic E-state index is 12.3. The van der Waals surface area contributed by atoms with E-state index in [0.717, 1.165) is 35.1 Å². The van der Waals surface area contributed by atoms with Crippen LogP contribution in [0.2, 0.25) is 0 Å². The Morgan fingerprint density at radius 3 is 2.83 bits per heavy atom. The van der Waals surface area contributed by atoms with Gasteiger partial charge in [-0.25, -0.2) is 0 Å². The molecule has 1 fully saturated rings. The number of thioether (sulfide) groups is 1. The third kappa shape index (κ3) is 3.44. The second-order valence-corrected chi connectivity index (χ2v) is 7.31. The number of carbonyl (C=O) groups excluding carboxylic acids is 1. The Labute approximate surface area is 140 Å². The molecule has 0 unspecified atom stereocenters. The SMILES string of the molecule is Cc1occc1-c1nnc(S[C@@H](C)C(=O)NC2CCCC2)n1C. The van der Waals surface area contributed by atoms with E-state index >= 15 is 0 Å². The van der Waals surface area contributed by atoms with E-state index in [9.17, 15) is 4.79 Å². The molecule has 2 heterocycles. The smallest absolute Gasteiger partial charge is 0.233 e. The van der Waals surface area contributed by atoms with Crippen molar-refractivity contribution in [2.75, 3.05) is 0 Å². The quantitative estimate of drug-likeness (QED) is 0.851. The van der Waals surface area contributed by atoms with Gasteiger partial charge >= 0.3 is 0 Å². The van der Waals surface area contributed by atoms with Gasteiger partial charge in [0.15, 0.2) is 11.0 Å². The second-order valence-electron chi connectivity index (χ2n) is 6.01. The number of hydrogen-bond donors (Lipinski definition) is 1. The molecule has 2 aromatic rings. The Kier molecular flexibility index (Phi) is 4.75. The lowest BCUT2D eigenvalue weighted by Gasteiger charge is -2.15. The molecule has 124 valence electrons. The molecule has 2 aromatic heterocycles. The van der Waals surface area contributed by atoms with Crippen LogP contribution in [0.1, 0.15) is 38.4 Å². The summed E-state index contributed by atoms with van der Waals surface area (Å²) in [6.45, 7) is 3.81. The van der Waals surface area contributed by atoms with Crippen LogP contribution in [0.25, 0.3) is 11.4 Å². The number of hydrogen-bond acceptors (Lipinski definition) is 5. The number of nitrogens with zero attached hydrogens (tertiary/aromatic N) is 3. The van der Waals surface area contributed by atoms with E-state index in [0.29, 0.717) is 6.04 Å². The Morgan fingerprint density at radius 2 is 2.17 bits per heavy atom. The zero-order valence-electron chi connectivity index (χ0n) is 13.7. The summed E-state index contributed by atoms with van der Waals surface area (Å²) in [6, 6.07) is 2.22. The van der Waals surface area contributed by atoms with Gasteiger partial charge < -0.3 is 14.3 Å². The maximum atomic E-state index is 12.3. The fourth-order valence-electron chi connectivity index (χ4n) is 2.87. The lowest BCUT2D eigenvalue weighted by atomic mass is 10.2. The standard InChI is InChI=1S/C16H22N4O2S/c1-10-13(8-9-22-10)14-18-19-16(20(14)3)23-11(2)15(21)17-12-6-4-5-7-12/h8-9,11-12H,4-7H2,1-3H3,(H,17,21)/t11-/m0/s1. The molecule has 0 bridgehead atoms. The van der Waals surface area contributed by atoms with E-state index in [2.05, 4.69) is 15.5 Å². The lowest BCUT2D eigenvalue weighted by molar-refractivity contribution is -0.120. The van der Waals surface area contributed by atoms with Gasteiger partial charge in [-0.1, -0.05) is 24.6 Å². The maximum Gasteiger partial charge on any atom is 0.233 e. The summed E-state index contributed by atoms with van der Waals surface area (Å²) >= 11 is 1.43. The van der Waals surface area contributed by atoms with Crippen molar-refractivity contribution in [3.63, 3.8) is 0 Å². The van der Waals surface area contributed by atoms with Gasteiger partial charge in [0.05, 0.1) is 17.1 Å². The van der Waals surface area contributed by atoms with E-state index in [1.807, 2.05) is 31.5 Å². The summed E-state index contributed by atoms with van der Waals surface area (Å²) in [6.07, 6.45) is 6.25. The van der Waals surface area contributed by atoms with Crippen molar-refractivity contribution in [3.8, 4) is 11.4 Å². The Balaban J connectivity index is 1.67. The van der Waals surface area contributed by atoms with E-state index in [4.69, 9.17) is 4.42 Å². The summed E-state index contributed by atoms with van der Waals surface area (Å²) in [5, 5.41) is 12.1. The van der Waals surface area contributed by atoms with Crippen LogP contribution in [-0.2, 0) is 11.8 Å². The molecule has 23 heavy (non-hydrogen) atoms. The van der Waals surface area contributed by atoms with Crippen LogP contribution in [0.4, 0.5) is 0 Å². The average molecular weight is 334 g/mol. The Morgan fingerprint density at radius 1 is 1.43 bits per heavy atom. The van der Waals surface area contributed by atoms with E-state index < -0.39 is 0 Å². The summed E-state index contributed by atoms with van der Waals surface area (Å²) < 4.78 is 7.23. The van der Waals surface area contributed by atoms with Crippen molar-refractivity contribution in [1.82, 2.24) is 20.1 Å². The molecule has 1 aliphatic rings. The predicted octanol–water partition coefficient (Wildman–Crippen LogP) is 2.92. The number of aryl methyl sites for hydroxylation is 1. The fraction of sp³-hybridized carbons (Fsp3) is 0.562.